The van der Waals surface area contributed by atoms with Crippen molar-refractivity contribution >= 4 is 23.4 Å². The molecule has 0 unspecified atom stereocenters. The monoisotopic (exact) mass is 264 g/mol. The lowest BCUT2D eigenvalue weighted by Gasteiger charge is -2.07. The van der Waals surface area contributed by atoms with Gasteiger partial charge in [-0.3, -0.25) is 0 Å². The predicted molar refractivity (Wildman–Crippen MR) is 80.3 cm³/mol. The topological polar surface area (TPSA) is 49.7 Å². The van der Waals surface area contributed by atoms with Crippen LogP contribution in [0.3, 0.4) is 0 Å². The molecule has 0 fully saturated rings. The molecule has 0 aliphatic carbocycles. The Morgan fingerprint density at radius 1 is 0.700 bits per heavy atom. The zero-order valence-electron chi connectivity index (χ0n) is 10.7. The smallest absolute Gasteiger partial charge is 0.457 e. The zero-order chi connectivity index (χ0) is 13.9. The molecule has 0 aliphatic rings. The van der Waals surface area contributed by atoms with Gasteiger partial charge < -0.3 is 14.8 Å². The molecule has 0 aromatic heterocycles. The van der Waals surface area contributed by atoms with E-state index in [9.17, 15) is 0 Å². The predicted octanol–water partition coefficient (Wildman–Crippen LogP) is 2.31. The third-order valence-electron chi connectivity index (χ3n) is 3.11. The lowest BCUT2D eigenvalue weighted by atomic mass is 9.79. The number of benzene rings is 3. The van der Waals surface area contributed by atoms with E-state index in [1.54, 1.807) is 12.1 Å². The van der Waals surface area contributed by atoms with E-state index in [0.717, 1.165) is 22.3 Å². The fraction of sp³-hybridized carbons (Fsp3) is 0. The minimum Gasteiger partial charge on any atom is -0.457 e. The molecule has 0 saturated heterocycles. The summed E-state index contributed by atoms with van der Waals surface area (Å²) in [5.74, 6) is 1.54. The molecule has 0 atom stereocenters. The second-order valence-electron chi connectivity index (χ2n) is 4.56. The van der Waals surface area contributed by atoms with Gasteiger partial charge in [-0.1, -0.05) is 42.5 Å². The number of para-hydroxylation sites is 1. The molecule has 0 saturated carbocycles. The number of fused-ring (bicyclic) bond motifs is 1. The Bertz CT molecular complexity index is 726. The Morgan fingerprint density at radius 3 is 2.15 bits per heavy atom. The Morgan fingerprint density at radius 2 is 1.40 bits per heavy atom. The summed E-state index contributed by atoms with van der Waals surface area (Å²) in [6.07, 6.45) is 0. The largest absolute Gasteiger partial charge is 0.488 e. The van der Waals surface area contributed by atoms with Crippen LogP contribution in [0, 0.1) is 0 Å². The molecule has 98 valence electrons. The van der Waals surface area contributed by atoms with Gasteiger partial charge in [0.15, 0.2) is 0 Å². The van der Waals surface area contributed by atoms with E-state index in [-0.39, 0.29) is 0 Å². The maximum atomic E-state index is 9.16. The molecule has 0 aliphatic heterocycles. The lowest BCUT2D eigenvalue weighted by molar-refractivity contribution is 0.426. The van der Waals surface area contributed by atoms with Crippen molar-refractivity contribution in [3.8, 4) is 11.5 Å². The van der Waals surface area contributed by atoms with Gasteiger partial charge in [-0.05, 0) is 40.5 Å². The molecule has 20 heavy (non-hydrogen) atoms. The van der Waals surface area contributed by atoms with Crippen molar-refractivity contribution in [1.82, 2.24) is 0 Å². The fourth-order valence-electron chi connectivity index (χ4n) is 2.09. The first-order chi connectivity index (χ1) is 9.72. The molecule has 2 N–H and O–H groups in total. The molecule has 3 aromatic carbocycles. The van der Waals surface area contributed by atoms with Crippen LogP contribution in [0.25, 0.3) is 10.8 Å². The van der Waals surface area contributed by atoms with Crippen LogP contribution < -0.4 is 10.2 Å². The van der Waals surface area contributed by atoms with Crippen molar-refractivity contribution in [1.29, 1.82) is 0 Å². The highest BCUT2D eigenvalue weighted by atomic mass is 16.5. The van der Waals surface area contributed by atoms with Gasteiger partial charge in [0.25, 0.3) is 0 Å². The second-order valence-corrected chi connectivity index (χ2v) is 4.56. The van der Waals surface area contributed by atoms with Crippen molar-refractivity contribution < 1.29 is 14.8 Å². The van der Waals surface area contributed by atoms with E-state index >= 15 is 0 Å². The molecule has 3 rings (SSSR count). The van der Waals surface area contributed by atoms with E-state index in [1.165, 1.54) is 0 Å². The molecule has 0 amide bonds. The molecule has 0 spiro atoms. The first-order valence-corrected chi connectivity index (χ1v) is 6.35. The van der Waals surface area contributed by atoms with Gasteiger partial charge in [0.05, 0.1) is 0 Å². The Labute approximate surface area is 117 Å². The summed E-state index contributed by atoms with van der Waals surface area (Å²) in [6.45, 7) is 0. The van der Waals surface area contributed by atoms with Crippen molar-refractivity contribution in [2.45, 2.75) is 0 Å². The highest BCUT2D eigenvalue weighted by molar-refractivity contribution is 6.58. The minimum atomic E-state index is -1.44. The number of hydrogen-bond donors (Lipinski definition) is 2. The highest BCUT2D eigenvalue weighted by Crippen LogP contribution is 2.25. The average molecular weight is 264 g/mol. The van der Waals surface area contributed by atoms with Gasteiger partial charge >= 0.3 is 7.12 Å². The summed E-state index contributed by atoms with van der Waals surface area (Å²) in [5.41, 5.74) is 0.481. The Hall–Kier alpha value is -2.30. The van der Waals surface area contributed by atoms with E-state index in [1.807, 2.05) is 54.6 Å². The van der Waals surface area contributed by atoms with Crippen LogP contribution in [0.4, 0.5) is 0 Å². The molecule has 3 aromatic rings. The van der Waals surface area contributed by atoms with Crippen molar-refractivity contribution in [2.24, 2.45) is 0 Å². The minimum absolute atomic E-state index is 0.481. The third kappa shape index (κ3) is 2.66. The van der Waals surface area contributed by atoms with Gasteiger partial charge in [-0.15, -0.1) is 0 Å². The standard InChI is InChI=1S/C16H13BO3/c18-17(19)14-8-6-13-11-16(9-7-12(13)10-14)20-15-4-2-1-3-5-15/h1-11,18-19H. The van der Waals surface area contributed by atoms with Crippen LogP contribution in [0.15, 0.2) is 66.7 Å². The summed E-state index contributed by atoms with van der Waals surface area (Å²) in [6, 6.07) is 20.6. The summed E-state index contributed by atoms with van der Waals surface area (Å²) in [7, 11) is -1.44. The Balaban J connectivity index is 1.93. The van der Waals surface area contributed by atoms with E-state index in [4.69, 9.17) is 14.8 Å². The zero-order valence-corrected chi connectivity index (χ0v) is 10.7. The fourth-order valence-corrected chi connectivity index (χ4v) is 2.09. The van der Waals surface area contributed by atoms with Crippen LogP contribution in [0.5, 0.6) is 11.5 Å². The summed E-state index contributed by atoms with van der Waals surface area (Å²) >= 11 is 0. The van der Waals surface area contributed by atoms with Crippen LogP contribution >= 0.6 is 0 Å². The molecule has 0 heterocycles. The maximum Gasteiger partial charge on any atom is 0.488 e. The van der Waals surface area contributed by atoms with Crippen molar-refractivity contribution in [2.75, 3.05) is 0 Å². The average Bonchev–Trinajstić information content (AvgIpc) is 2.47. The molecular weight excluding hydrogens is 251 g/mol. The lowest BCUT2D eigenvalue weighted by Crippen LogP contribution is -2.29. The van der Waals surface area contributed by atoms with E-state index in [2.05, 4.69) is 0 Å². The summed E-state index contributed by atoms with van der Waals surface area (Å²) in [5, 5.41) is 20.3. The highest BCUT2D eigenvalue weighted by Gasteiger charge is 2.11. The summed E-state index contributed by atoms with van der Waals surface area (Å²) < 4.78 is 5.77. The molecular formula is C16H13BO3. The quantitative estimate of drug-likeness (QED) is 0.714. The molecule has 0 bridgehead atoms. The van der Waals surface area contributed by atoms with E-state index < -0.39 is 7.12 Å². The number of ether oxygens (including phenoxy) is 1. The van der Waals surface area contributed by atoms with Gasteiger partial charge in [0.1, 0.15) is 11.5 Å². The van der Waals surface area contributed by atoms with Crippen molar-refractivity contribution in [3.63, 3.8) is 0 Å². The first-order valence-electron chi connectivity index (χ1n) is 6.35. The maximum absolute atomic E-state index is 9.16. The van der Waals surface area contributed by atoms with Crippen LogP contribution in [0.1, 0.15) is 0 Å². The van der Waals surface area contributed by atoms with Crippen molar-refractivity contribution in [3.05, 3.63) is 66.7 Å². The molecule has 3 nitrogen and oxygen atoms in total. The van der Waals surface area contributed by atoms with Gasteiger partial charge in [-0.2, -0.15) is 0 Å². The van der Waals surface area contributed by atoms with E-state index in [0.29, 0.717) is 5.46 Å². The van der Waals surface area contributed by atoms with Gasteiger partial charge in [-0.25, -0.2) is 0 Å². The SMILES string of the molecule is OB(O)c1ccc2cc(Oc3ccccc3)ccc2c1. The number of hydrogen-bond acceptors (Lipinski definition) is 3. The molecule has 0 radical (unpaired) electrons. The van der Waals surface area contributed by atoms with Crippen LogP contribution in [0.2, 0.25) is 0 Å². The van der Waals surface area contributed by atoms with Crippen LogP contribution in [-0.4, -0.2) is 17.2 Å². The normalized spacial score (nSPS) is 10.5. The van der Waals surface area contributed by atoms with Gasteiger partial charge in [0.2, 0.25) is 0 Å². The number of rotatable bonds is 3. The second kappa shape index (κ2) is 5.37. The summed E-state index contributed by atoms with van der Waals surface area (Å²) in [4.78, 5) is 0. The van der Waals surface area contributed by atoms with Crippen LogP contribution in [-0.2, 0) is 0 Å². The third-order valence-corrected chi connectivity index (χ3v) is 3.11. The molecule has 4 heteroatoms. The Kier molecular flexibility index (Phi) is 3.42. The first kappa shape index (κ1) is 12.7. The van der Waals surface area contributed by atoms with Gasteiger partial charge in [0, 0.05) is 0 Å².